The number of hydrogen-bond acceptors (Lipinski definition) is 6. The van der Waals surface area contributed by atoms with Gasteiger partial charge in [0.05, 0.1) is 10.6 Å². The van der Waals surface area contributed by atoms with Crippen LogP contribution in [0.5, 0.6) is 0 Å². The summed E-state index contributed by atoms with van der Waals surface area (Å²) in [5, 5.41) is 0.888. The molecule has 28 heavy (non-hydrogen) atoms. The van der Waals surface area contributed by atoms with E-state index in [0.717, 1.165) is 29.3 Å². The molecule has 0 N–H and O–H groups in total. The molecule has 0 bridgehead atoms. The first-order valence-electron chi connectivity index (χ1n) is 10.5. The Morgan fingerprint density at radius 1 is 1.04 bits per heavy atom. The van der Waals surface area contributed by atoms with Gasteiger partial charge in [-0.05, 0) is 57.9 Å². The van der Waals surface area contributed by atoms with Crippen molar-refractivity contribution in [1.29, 1.82) is 0 Å². The van der Waals surface area contributed by atoms with Gasteiger partial charge in [-0.25, -0.2) is 18.4 Å². The minimum atomic E-state index is -3.19. The van der Waals surface area contributed by atoms with Crippen molar-refractivity contribution in [3.63, 3.8) is 0 Å². The molecule has 2 aromatic rings. The second-order valence-electron chi connectivity index (χ2n) is 8.55. The van der Waals surface area contributed by atoms with Crippen LogP contribution in [-0.4, -0.2) is 54.1 Å². The summed E-state index contributed by atoms with van der Waals surface area (Å²) in [6, 6.07) is 0. The van der Waals surface area contributed by atoms with E-state index in [1.807, 2.05) is 11.3 Å². The first-order chi connectivity index (χ1) is 13.4. The normalized spacial score (nSPS) is 21.5. The molecule has 0 spiro atoms. The first kappa shape index (κ1) is 18.8. The van der Waals surface area contributed by atoms with Crippen LogP contribution in [0, 0.1) is 0 Å². The molecule has 6 nitrogen and oxygen atoms in total. The standard InChI is InChI=1S/C20H28N4O2S2/c1-13(2)28(25,26)24-11-9-23(10-12-24)19-17-15-5-3-4-6-16(15)27-20(17)22-18(21-19)14-7-8-14/h13-14H,3-12H2,1-2H3. The summed E-state index contributed by atoms with van der Waals surface area (Å²) < 4.78 is 26.7. The van der Waals surface area contributed by atoms with E-state index in [1.54, 1.807) is 18.2 Å². The Kier molecular flexibility index (Phi) is 4.63. The van der Waals surface area contributed by atoms with Crippen LogP contribution < -0.4 is 4.90 Å². The van der Waals surface area contributed by atoms with E-state index in [2.05, 4.69) is 4.90 Å². The monoisotopic (exact) mass is 420 g/mol. The molecule has 0 unspecified atom stereocenters. The zero-order valence-corrected chi connectivity index (χ0v) is 18.3. The van der Waals surface area contributed by atoms with E-state index in [9.17, 15) is 8.42 Å². The molecule has 2 aliphatic carbocycles. The van der Waals surface area contributed by atoms with Gasteiger partial charge in [0.15, 0.2) is 0 Å². The Hall–Kier alpha value is -1.25. The summed E-state index contributed by atoms with van der Waals surface area (Å²) >= 11 is 1.86. The lowest BCUT2D eigenvalue weighted by Crippen LogP contribution is -2.50. The number of piperazine rings is 1. The summed E-state index contributed by atoms with van der Waals surface area (Å²) in [7, 11) is -3.19. The molecule has 0 atom stereocenters. The number of nitrogens with zero attached hydrogens (tertiary/aromatic N) is 4. The van der Waals surface area contributed by atoms with Crippen LogP contribution >= 0.6 is 11.3 Å². The quantitative estimate of drug-likeness (QED) is 0.759. The summed E-state index contributed by atoms with van der Waals surface area (Å²) in [6.07, 6.45) is 7.17. The molecule has 0 aromatic carbocycles. The summed E-state index contributed by atoms with van der Waals surface area (Å²) in [4.78, 5) is 14.9. The van der Waals surface area contributed by atoms with E-state index in [0.29, 0.717) is 32.1 Å². The van der Waals surface area contributed by atoms with Crippen LogP contribution in [0.15, 0.2) is 0 Å². The Morgan fingerprint density at radius 3 is 2.43 bits per heavy atom. The van der Waals surface area contributed by atoms with Crippen LogP contribution in [0.1, 0.15) is 61.7 Å². The Balaban J connectivity index is 1.51. The van der Waals surface area contributed by atoms with Gasteiger partial charge >= 0.3 is 0 Å². The summed E-state index contributed by atoms with van der Waals surface area (Å²) in [6.45, 7) is 6.00. The number of sulfonamides is 1. The molecule has 8 heteroatoms. The lowest BCUT2D eigenvalue weighted by Gasteiger charge is -2.36. The predicted octanol–water partition coefficient (Wildman–Crippen LogP) is 3.31. The fraction of sp³-hybridized carbons (Fsp3) is 0.700. The number of aryl methyl sites for hydroxylation is 2. The Morgan fingerprint density at radius 2 is 1.75 bits per heavy atom. The predicted molar refractivity (Wildman–Crippen MR) is 114 cm³/mol. The van der Waals surface area contributed by atoms with Gasteiger partial charge in [-0.2, -0.15) is 4.31 Å². The lowest BCUT2D eigenvalue weighted by atomic mass is 9.97. The van der Waals surface area contributed by atoms with Gasteiger partial charge in [0, 0.05) is 37.0 Å². The largest absolute Gasteiger partial charge is 0.353 e. The van der Waals surface area contributed by atoms with Gasteiger partial charge in [-0.3, -0.25) is 0 Å². The van der Waals surface area contributed by atoms with Crippen molar-refractivity contribution in [2.24, 2.45) is 0 Å². The molecule has 2 aromatic heterocycles. The van der Waals surface area contributed by atoms with Crippen LogP contribution in [0.4, 0.5) is 5.82 Å². The van der Waals surface area contributed by atoms with Crippen molar-refractivity contribution in [3.8, 4) is 0 Å². The van der Waals surface area contributed by atoms with Crippen LogP contribution in [0.3, 0.4) is 0 Å². The Labute approximate surface area is 171 Å². The average molecular weight is 421 g/mol. The molecule has 0 radical (unpaired) electrons. The second-order valence-corrected chi connectivity index (χ2v) is 12.1. The fourth-order valence-corrected chi connectivity index (χ4v) is 6.89. The zero-order valence-electron chi connectivity index (χ0n) is 16.6. The van der Waals surface area contributed by atoms with Gasteiger partial charge in [0.1, 0.15) is 16.5 Å². The van der Waals surface area contributed by atoms with Gasteiger partial charge < -0.3 is 4.90 Å². The smallest absolute Gasteiger partial charge is 0.216 e. The molecule has 152 valence electrons. The van der Waals surface area contributed by atoms with E-state index < -0.39 is 10.0 Å². The highest BCUT2D eigenvalue weighted by Gasteiger charge is 2.33. The van der Waals surface area contributed by atoms with Crippen molar-refractivity contribution < 1.29 is 8.42 Å². The van der Waals surface area contributed by atoms with Gasteiger partial charge in [0.25, 0.3) is 0 Å². The van der Waals surface area contributed by atoms with Crippen molar-refractivity contribution in [3.05, 3.63) is 16.3 Å². The van der Waals surface area contributed by atoms with Crippen molar-refractivity contribution in [2.45, 2.75) is 63.5 Å². The average Bonchev–Trinajstić information content (AvgIpc) is 3.48. The third kappa shape index (κ3) is 3.13. The molecule has 5 rings (SSSR count). The van der Waals surface area contributed by atoms with Crippen LogP contribution in [0.2, 0.25) is 0 Å². The number of hydrogen-bond donors (Lipinski definition) is 0. The molecule has 1 saturated carbocycles. The number of aromatic nitrogens is 2. The molecular formula is C20H28N4O2S2. The fourth-order valence-electron chi connectivity index (χ4n) is 4.36. The summed E-state index contributed by atoms with van der Waals surface area (Å²) in [5.41, 5.74) is 1.46. The van der Waals surface area contributed by atoms with Crippen LogP contribution in [-0.2, 0) is 22.9 Å². The topological polar surface area (TPSA) is 66.4 Å². The SMILES string of the molecule is CC(C)S(=O)(=O)N1CCN(c2nc(C3CC3)nc3sc4c(c23)CCCC4)CC1. The molecule has 1 aliphatic heterocycles. The Bertz CT molecular complexity index is 1000. The number of rotatable bonds is 4. The highest BCUT2D eigenvalue weighted by Crippen LogP contribution is 2.44. The minimum absolute atomic E-state index is 0.366. The maximum atomic E-state index is 12.5. The molecule has 3 aliphatic rings. The third-order valence-corrected chi connectivity index (χ3v) is 9.71. The molecule has 1 saturated heterocycles. The van der Waals surface area contributed by atoms with Crippen molar-refractivity contribution >= 4 is 37.4 Å². The van der Waals surface area contributed by atoms with E-state index in [-0.39, 0.29) is 5.25 Å². The second kappa shape index (κ2) is 6.92. The number of thiophene rings is 1. The molecule has 2 fully saturated rings. The van der Waals surface area contributed by atoms with E-state index >= 15 is 0 Å². The summed E-state index contributed by atoms with van der Waals surface area (Å²) in [5.74, 6) is 2.58. The molecule has 3 heterocycles. The van der Waals surface area contributed by atoms with Gasteiger partial charge in [0.2, 0.25) is 10.0 Å². The first-order valence-corrected chi connectivity index (χ1v) is 12.8. The maximum absolute atomic E-state index is 12.5. The molecule has 0 amide bonds. The highest BCUT2D eigenvalue weighted by molar-refractivity contribution is 7.89. The van der Waals surface area contributed by atoms with Crippen molar-refractivity contribution in [2.75, 3.05) is 31.1 Å². The zero-order chi connectivity index (χ0) is 19.5. The van der Waals surface area contributed by atoms with Gasteiger partial charge in [-0.1, -0.05) is 0 Å². The van der Waals surface area contributed by atoms with Crippen molar-refractivity contribution in [1.82, 2.24) is 14.3 Å². The van der Waals surface area contributed by atoms with E-state index in [4.69, 9.17) is 9.97 Å². The maximum Gasteiger partial charge on any atom is 0.216 e. The highest BCUT2D eigenvalue weighted by atomic mass is 32.2. The minimum Gasteiger partial charge on any atom is -0.353 e. The number of anilines is 1. The van der Waals surface area contributed by atoms with E-state index in [1.165, 1.54) is 41.5 Å². The number of fused-ring (bicyclic) bond motifs is 3. The third-order valence-electron chi connectivity index (χ3n) is 6.25. The van der Waals surface area contributed by atoms with Gasteiger partial charge in [-0.15, -0.1) is 11.3 Å². The lowest BCUT2D eigenvalue weighted by molar-refractivity contribution is 0.380. The van der Waals surface area contributed by atoms with Crippen LogP contribution in [0.25, 0.3) is 10.2 Å². The molecular weight excluding hydrogens is 392 g/mol.